The Labute approximate surface area is 144 Å². The number of thioether (sulfide) groups is 1. The number of nitrogens with zero attached hydrogens (tertiary/aromatic N) is 1. The van der Waals surface area contributed by atoms with Gasteiger partial charge in [0, 0.05) is 6.54 Å². The van der Waals surface area contributed by atoms with Crippen molar-refractivity contribution in [2.45, 2.75) is 6.92 Å². The van der Waals surface area contributed by atoms with Crippen LogP contribution in [0.2, 0.25) is 0 Å². The van der Waals surface area contributed by atoms with Crippen molar-refractivity contribution in [3.63, 3.8) is 0 Å². The van der Waals surface area contributed by atoms with Crippen LogP contribution in [0.3, 0.4) is 0 Å². The van der Waals surface area contributed by atoms with Crippen molar-refractivity contribution in [1.29, 1.82) is 0 Å². The van der Waals surface area contributed by atoms with Gasteiger partial charge < -0.3 is 10.4 Å². The van der Waals surface area contributed by atoms with Crippen molar-refractivity contribution in [2.24, 2.45) is 0 Å². The smallest absolute Gasteiger partial charge is 0.294 e. The first kappa shape index (κ1) is 18.0. The molecular formula is C17H18N2O4S. The van der Waals surface area contributed by atoms with E-state index in [1.165, 1.54) is 0 Å². The van der Waals surface area contributed by atoms with Gasteiger partial charge in [0.05, 0.1) is 11.5 Å². The van der Waals surface area contributed by atoms with Gasteiger partial charge in [0.2, 0.25) is 5.91 Å². The molecule has 1 aromatic carbocycles. The molecule has 6 nitrogen and oxygen atoms in total. The Morgan fingerprint density at radius 2 is 2.00 bits per heavy atom. The number of aliphatic hydroxyl groups is 1. The zero-order valence-electron chi connectivity index (χ0n) is 13.2. The zero-order valence-corrected chi connectivity index (χ0v) is 14.0. The summed E-state index contributed by atoms with van der Waals surface area (Å²) in [5.74, 6) is -0.964. The molecule has 2 rings (SSSR count). The van der Waals surface area contributed by atoms with E-state index in [2.05, 4.69) is 5.32 Å². The van der Waals surface area contributed by atoms with E-state index < -0.39 is 17.1 Å². The molecule has 0 saturated carbocycles. The summed E-state index contributed by atoms with van der Waals surface area (Å²) < 4.78 is 0. The monoisotopic (exact) mass is 346 g/mol. The normalized spacial score (nSPS) is 16.8. The van der Waals surface area contributed by atoms with Crippen LogP contribution in [-0.2, 0) is 9.59 Å². The van der Waals surface area contributed by atoms with Crippen molar-refractivity contribution in [2.75, 3.05) is 19.7 Å². The highest BCUT2D eigenvalue weighted by molar-refractivity contribution is 8.18. The van der Waals surface area contributed by atoms with E-state index in [0.29, 0.717) is 4.91 Å². The molecule has 1 aliphatic rings. The Bertz CT molecular complexity index is 698. The average molecular weight is 346 g/mol. The molecule has 126 valence electrons. The molecule has 0 spiro atoms. The Balaban J connectivity index is 2.07. The van der Waals surface area contributed by atoms with Gasteiger partial charge in [-0.3, -0.25) is 19.3 Å². The fraction of sp³-hybridized carbons (Fsp3) is 0.235. The van der Waals surface area contributed by atoms with Crippen LogP contribution in [0, 0.1) is 0 Å². The summed E-state index contributed by atoms with van der Waals surface area (Å²) in [4.78, 5) is 37.0. The van der Waals surface area contributed by atoms with Crippen LogP contribution in [0.1, 0.15) is 12.5 Å². The SMILES string of the molecule is CC(/C=C1\SC(=O)N(CC(=O)NCCO)C1=O)=C\c1ccccc1. The number of allylic oxidation sites excluding steroid dienone is 2. The fourth-order valence-electron chi connectivity index (χ4n) is 2.09. The lowest BCUT2D eigenvalue weighted by Crippen LogP contribution is -2.40. The van der Waals surface area contributed by atoms with E-state index in [-0.39, 0.29) is 19.7 Å². The highest BCUT2D eigenvalue weighted by Crippen LogP contribution is 2.31. The number of nitrogens with one attached hydrogen (secondary N) is 1. The van der Waals surface area contributed by atoms with Gasteiger partial charge in [0.25, 0.3) is 11.1 Å². The average Bonchev–Trinajstić information content (AvgIpc) is 2.81. The number of imide groups is 1. The number of aliphatic hydroxyl groups excluding tert-OH is 1. The van der Waals surface area contributed by atoms with Crippen molar-refractivity contribution in [3.05, 3.63) is 52.4 Å². The lowest BCUT2D eigenvalue weighted by atomic mass is 10.1. The van der Waals surface area contributed by atoms with Crippen LogP contribution in [0.25, 0.3) is 6.08 Å². The molecule has 1 aliphatic heterocycles. The molecule has 24 heavy (non-hydrogen) atoms. The number of benzene rings is 1. The first-order valence-corrected chi connectivity index (χ1v) is 8.19. The molecule has 2 N–H and O–H groups in total. The zero-order chi connectivity index (χ0) is 17.5. The van der Waals surface area contributed by atoms with E-state index in [1.54, 1.807) is 6.08 Å². The Kier molecular flexibility index (Phi) is 6.34. The van der Waals surface area contributed by atoms with Crippen LogP contribution in [-0.4, -0.2) is 46.8 Å². The fourth-order valence-corrected chi connectivity index (χ4v) is 2.98. The first-order valence-electron chi connectivity index (χ1n) is 7.37. The standard InChI is InChI=1S/C17H18N2O4S/c1-12(9-13-5-3-2-4-6-13)10-14-16(22)19(17(23)24-14)11-15(21)18-7-8-20/h2-6,9-10,20H,7-8,11H2,1H3,(H,18,21)/b12-9+,14-10-. The van der Waals surface area contributed by atoms with Gasteiger partial charge in [-0.15, -0.1) is 0 Å². The van der Waals surface area contributed by atoms with Gasteiger partial charge in [0.1, 0.15) is 6.54 Å². The van der Waals surface area contributed by atoms with Crippen LogP contribution < -0.4 is 5.32 Å². The lowest BCUT2D eigenvalue weighted by molar-refractivity contribution is -0.129. The van der Waals surface area contributed by atoms with Crippen molar-refractivity contribution in [3.8, 4) is 0 Å². The molecule has 3 amide bonds. The third-order valence-corrected chi connectivity index (χ3v) is 4.07. The minimum atomic E-state index is -0.482. The molecule has 1 saturated heterocycles. The van der Waals surface area contributed by atoms with Crippen LogP contribution in [0.15, 0.2) is 46.9 Å². The molecule has 1 heterocycles. The maximum Gasteiger partial charge on any atom is 0.294 e. The van der Waals surface area contributed by atoms with Gasteiger partial charge in [0.15, 0.2) is 0 Å². The second-order valence-electron chi connectivity index (χ2n) is 5.14. The van der Waals surface area contributed by atoms with Gasteiger partial charge >= 0.3 is 0 Å². The highest BCUT2D eigenvalue weighted by atomic mass is 32.2. The summed E-state index contributed by atoms with van der Waals surface area (Å²) in [5.41, 5.74) is 1.82. The molecule has 0 atom stereocenters. The van der Waals surface area contributed by atoms with Gasteiger partial charge in [-0.2, -0.15) is 0 Å². The molecule has 0 aliphatic carbocycles. The topological polar surface area (TPSA) is 86.7 Å². The van der Waals surface area contributed by atoms with E-state index in [1.807, 2.05) is 43.3 Å². The maximum atomic E-state index is 12.3. The summed E-state index contributed by atoms with van der Waals surface area (Å²) >= 11 is 0.815. The molecule has 0 bridgehead atoms. The molecule has 0 radical (unpaired) electrons. The molecule has 0 aromatic heterocycles. The first-order chi connectivity index (χ1) is 11.5. The van der Waals surface area contributed by atoms with E-state index in [0.717, 1.165) is 27.8 Å². The number of hydrogen-bond acceptors (Lipinski definition) is 5. The van der Waals surface area contributed by atoms with Gasteiger partial charge in [-0.1, -0.05) is 36.4 Å². The Hall–Kier alpha value is -2.38. The Morgan fingerprint density at radius 1 is 1.29 bits per heavy atom. The molecule has 0 unspecified atom stereocenters. The predicted molar refractivity (Wildman–Crippen MR) is 93.0 cm³/mol. The predicted octanol–water partition coefficient (Wildman–Crippen LogP) is 1.78. The third kappa shape index (κ3) is 4.81. The Morgan fingerprint density at radius 3 is 2.67 bits per heavy atom. The number of carbonyl (C=O) groups is 3. The van der Waals surface area contributed by atoms with Gasteiger partial charge in [-0.25, -0.2) is 0 Å². The van der Waals surface area contributed by atoms with Crippen molar-refractivity contribution >= 4 is 34.9 Å². The summed E-state index contributed by atoms with van der Waals surface area (Å²) in [7, 11) is 0. The summed E-state index contributed by atoms with van der Waals surface area (Å²) in [6.45, 7) is 1.39. The summed E-state index contributed by atoms with van der Waals surface area (Å²) in [6, 6.07) is 9.62. The van der Waals surface area contributed by atoms with Crippen molar-refractivity contribution < 1.29 is 19.5 Å². The molecule has 1 fully saturated rings. The van der Waals surface area contributed by atoms with Crippen LogP contribution >= 0.6 is 11.8 Å². The number of amides is 3. The van der Waals surface area contributed by atoms with Crippen LogP contribution in [0.5, 0.6) is 0 Å². The lowest BCUT2D eigenvalue weighted by Gasteiger charge is -2.11. The summed E-state index contributed by atoms with van der Waals surface area (Å²) in [6.07, 6.45) is 3.55. The molecule has 7 heteroatoms. The van der Waals surface area contributed by atoms with E-state index in [4.69, 9.17) is 5.11 Å². The highest BCUT2D eigenvalue weighted by Gasteiger charge is 2.36. The second kappa shape index (κ2) is 8.47. The minimum Gasteiger partial charge on any atom is -0.395 e. The number of hydrogen-bond donors (Lipinski definition) is 2. The maximum absolute atomic E-state index is 12.3. The summed E-state index contributed by atoms with van der Waals surface area (Å²) in [5, 5.41) is 10.6. The minimum absolute atomic E-state index is 0.0871. The van der Waals surface area contributed by atoms with Crippen molar-refractivity contribution in [1.82, 2.24) is 10.2 Å². The third-order valence-electron chi connectivity index (χ3n) is 3.16. The van der Waals surface area contributed by atoms with E-state index in [9.17, 15) is 14.4 Å². The number of carbonyl (C=O) groups excluding carboxylic acids is 3. The molecular weight excluding hydrogens is 328 g/mol. The molecule has 1 aromatic rings. The number of rotatable bonds is 6. The van der Waals surface area contributed by atoms with E-state index >= 15 is 0 Å². The van der Waals surface area contributed by atoms with Crippen LogP contribution in [0.4, 0.5) is 4.79 Å². The quantitative estimate of drug-likeness (QED) is 0.767. The largest absolute Gasteiger partial charge is 0.395 e. The second-order valence-corrected chi connectivity index (χ2v) is 6.13. The van der Waals surface area contributed by atoms with Gasteiger partial charge in [-0.05, 0) is 35.9 Å².